The summed E-state index contributed by atoms with van der Waals surface area (Å²) in [5.74, 6) is -0.247. The Morgan fingerprint density at radius 1 is 0.958 bits per heavy atom. The van der Waals surface area contributed by atoms with Crippen molar-refractivity contribution in [2.24, 2.45) is 0 Å². The summed E-state index contributed by atoms with van der Waals surface area (Å²) in [7, 11) is 0. The minimum absolute atomic E-state index is 0.124. The molecule has 0 atom stereocenters. The highest BCUT2D eigenvalue weighted by Gasteiger charge is 2.27. The number of benzene rings is 1. The van der Waals surface area contributed by atoms with Crippen LogP contribution in [-0.2, 0) is 9.59 Å². The maximum absolute atomic E-state index is 11.9. The number of hydrogen-bond acceptors (Lipinski definition) is 3. The molecule has 1 saturated carbocycles. The van der Waals surface area contributed by atoms with E-state index < -0.39 is 0 Å². The van der Waals surface area contributed by atoms with E-state index in [4.69, 9.17) is 12.2 Å². The van der Waals surface area contributed by atoms with Gasteiger partial charge >= 0.3 is 0 Å². The number of rotatable bonds is 3. The van der Waals surface area contributed by atoms with E-state index in [9.17, 15) is 9.59 Å². The fraction of sp³-hybridized carbons (Fsp3) is 0.500. The molecule has 1 aromatic carbocycles. The van der Waals surface area contributed by atoms with Crippen molar-refractivity contribution >= 4 is 40.5 Å². The van der Waals surface area contributed by atoms with E-state index in [1.165, 1.54) is 37.0 Å². The number of hydrogen-bond donors (Lipinski definition) is 2. The Bertz CT molecular complexity index is 608. The standard InChI is InChI=1S/C18H23N3O2S/c22-16-7-4-8-17(23)21(16)15-11-9-14(10-12-15)20-18(24)19-13-5-2-1-3-6-13/h9-13H,1-8H2,(H2,19,20,24). The molecule has 2 aliphatic rings. The number of amides is 2. The van der Waals surface area contributed by atoms with Crippen molar-refractivity contribution in [2.75, 3.05) is 10.2 Å². The maximum atomic E-state index is 11.9. The molecule has 2 amide bonds. The zero-order chi connectivity index (χ0) is 16.9. The van der Waals surface area contributed by atoms with Gasteiger partial charge in [-0.05, 0) is 55.7 Å². The van der Waals surface area contributed by atoms with Crippen molar-refractivity contribution in [3.63, 3.8) is 0 Å². The number of carbonyl (C=O) groups excluding carboxylic acids is 2. The maximum Gasteiger partial charge on any atom is 0.233 e. The molecule has 1 aliphatic carbocycles. The first kappa shape index (κ1) is 16.9. The highest BCUT2D eigenvalue weighted by Crippen LogP contribution is 2.24. The van der Waals surface area contributed by atoms with Crippen LogP contribution in [0.2, 0.25) is 0 Å². The Morgan fingerprint density at radius 3 is 2.21 bits per heavy atom. The molecule has 1 heterocycles. The van der Waals surface area contributed by atoms with Crippen molar-refractivity contribution < 1.29 is 9.59 Å². The van der Waals surface area contributed by atoms with E-state index in [0.29, 0.717) is 36.1 Å². The van der Waals surface area contributed by atoms with Crippen LogP contribution in [0.3, 0.4) is 0 Å². The van der Waals surface area contributed by atoms with Gasteiger partial charge in [0.05, 0.1) is 5.69 Å². The highest BCUT2D eigenvalue weighted by molar-refractivity contribution is 7.80. The fourth-order valence-electron chi connectivity index (χ4n) is 3.33. The molecule has 0 spiro atoms. The van der Waals surface area contributed by atoms with Gasteiger partial charge in [0.1, 0.15) is 0 Å². The van der Waals surface area contributed by atoms with E-state index in [2.05, 4.69) is 10.6 Å². The number of carbonyl (C=O) groups is 2. The van der Waals surface area contributed by atoms with Crippen LogP contribution >= 0.6 is 12.2 Å². The van der Waals surface area contributed by atoms with Crippen LogP contribution in [0.1, 0.15) is 51.4 Å². The van der Waals surface area contributed by atoms with Crippen LogP contribution in [-0.4, -0.2) is 23.0 Å². The summed E-state index contributed by atoms with van der Waals surface area (Å²) in [5.41, 5.74) is 1.48. The quantitative estimate of drug-likeness (QED) is 0.650. The van der Waals surface area contributed by atoms with Gasteiger partial charge in [-0.2, -0.15) is 0 Å². The molecular formula is C18H23N3O2S. The average molecular weight is 345 g/mol. The lowest BCUT2D eigenvalue weighted by molar-refractivity contribution is -0.129. The summed E-state index contributed by atoms with van der Waals surface area (Å²) in [5, 5.41) is 7.16. The first-order chi connectivity index (χ1) is 11.6. The molecule has 0 bridgehead atoms. The van der Waals surface area contributed by atoms with Gasteiger partial charge in [-0.15, -0.1) is 0 Å². The summed E-state index contributed by atoms with van der Waals surface area (Å²) in [6.45, 7) is 0. The lowest BCUT2D eigenvalue weighted by atomic mass is 9.96. The fourth-order valence-corrected chi connectivity index (χ4v) is 3.62. The van der Waals surface area contributed by atoms with Gasteiger partial charge in [-0.25, -0.2) is 0 Å². The molecule has 0 unspecified atom stereocenters. The molecular weight excluding hydrogens is 322 g/mol. The number of nitrogens with zero attached hydrogens (tertiary/aromatic N) is 1. The van der Waals surface area contributed by atoms with Crippen LogP contribution in [0, 0.1) is 0 Å². The molecule has 2 fully saturated rings. The van der Waals surface area contributed by atoms with E-state index in [1.807, 2.05) is 12.1 Å². The van der Waals surface area contributed by atoms with Crippen molar-refractivity contribution in [1.82, 2.24) is 5.32 Å². The molecule has 24 heavy (non-hydrogen) atoms. The summed E-state index contributed by atoms with van der Waals surface area (Å²) in [4.78, 5) is 25.2. The first-order valence-electron chi connectivity index (χ1n) is 8.67. The Labute approximate surface area is 147 Å². The molecule has 0 aromatic heterocycles. The Hall–Kier alpha value is -1.95. The second-order valence-corrected chi connectivity index (χ2v) is 6.86. The average Bonchev–Trinajstić information content (AvgIpc) is 2.57. The summed E-state index contributed by atoms with van der Waals surface area (Å²) < 4.78 is 0. The molecule has 1 aliphatic heterocycles. The zero-order valence-electron chi connectivity index (χ0n) is 13.7. The molecule has 2 N–H and O–H groups in total. The van der Waals surface area contributed by atoms with Gasteiger partial charge in [0.2, 0.25) is 11.8 Å². The Balaban J connectivity index is 1.58. The van der Waals surface area contributed by atoms with Crippen LogP contribution < -0.4 is 15.5 Å². The Kier molecular flexibility index (Phi) is 5.45. The van der Waals surface area contributed by atoms with Gasteiger partial charge < -0.3 is 10.6 Å². The van der Waals surface area contributed by atoms with Crippen molar-refractivity contribution in [3.05, 3.63) is 24.3 Å². The van der Waals surface area contributed by atoms with Crippen LogP contribution in [0.25, 0.3) is 0 Å². The third-order valence-corrected chi connectivity index (χ3v) is 4.82. The number of nitrogens with one attached hydrogen (secondary N) is 2. The predicted molar refractivity (Wildman–Crippen MR) is 99.0 cm³/mol. The number of thiocarbonyl (C=S) groups is 1. The van der Waals surface area contributed by atoms with E-state index in [1.54, 1.807) is 12.1 Å². The summed E-state index contributed by atoms with van der Waals surface area (Å²) >= 11 is 5.37. The Morgan fingerprint density at radius 2 is 1.58 bits per heavy atom. The molecule has 1 saturated heterocycles. The summed E-state index contributed by atoms with van der Waals surface area (Å²) in [6, 6.07) is 7.72. The molecule has 128 valence electrons. The molecule has 6 heteroatoms. The number of anilines is 2. The highest BCUT2D eigenvalue weighted by atomic mass is 32.1. The lowest BCUT2D eigenvalue weighted by Crippen LogP contribution is -2.40. The van der Waals surface area contributed by atoms with Crippen LogP contribution in [0.4, 0.5) is 11.4 Å². The topological polar surface area (TPSA) is 61.4 Å². The molecule has 1 aromatic rings. The van der Waals surface area contributed by atoms with Crippen LogP contribution in [0.5, 0.6) is 0 Å². The van der Waals surface area contributed by atoms with Gasteiger partial charge in [-0.3, -0.25) is 14.5 Å². The number of piperidine rings is 1. The van der Waals surface area contributed by atoms with Crippen molar-refractivity contribution in [3.8, 4) is 0 Å². The second kappa shape index (κ2) is 7.75. The van der Waals surface area contributed by atoms with Gasteiger partial charge in [-0.1, -0.05) is 19.3 Å². The van der Waals surface area contributed by atoms with Crippen molar-refractivity contribution in [2.45, 2.75) is 57.4 Å². The zero-order valence-corrected chi connectivity index (χ0v) is 14.5. The molecule has 3 rings (SSSR count). The first-order valence-corrected chi connectivity index (χ1v) is 9.08. The van der Waals surface area contributed by atoms with Crippen molar-refractivity contribution in [1.29, 1.82) is 0 Å². The van der Waals surface area contributed by atoms with E-state index in [0.717, 1.165) is 5.69 Å². The predicted octanol–water partition coefficient (Wildman–Crippen LogP) is 3.35. The third-order valence-electron chi connectivity index (χ3n) is 4.60. The largest absolute Gasteiger partial charge is 0.360 e. The van der Waals surface area contributed by atoms with E-state index >= 15 is 0 Å². The minimum Gasteiger partial charge on any atom is -0.360 e. The number of imide groups is 1. The smallest absolute Gasteiger partial charge is 0.233 e. The normalized spacial score (nSPS) is 19.2. The minimum atomic E-state index is -0.124. The SMILES string of the molecule is O=C1CCCC(=O)N1c1ccc(NC(=S)NC2CCCCC2)cc1. The van der Waals surface area contributed by atoms with E-state index in [-0.39, 0.29) is 11.8 Å². The van der Waals surface area contributed by atoms with Gasteiger partial charge in [0.25, 0.3) is 0 Å². The molecule has 0 radical (unpaired) electrons. The third kappa shape index (κ3) is 4.12. The van der Waals surface area contributed by atoms with Gasteiger partial charge in [0.15, 0.2) is 5.11 Å². The molecule has 5 nitrogen and oxygen atoms in total. The second-order valence-electron chi connectivity index (χ2n) is 6.46. The monoisotopic (exact) mass is 345 g/mol. The lowest BCUT2D eigenvalue weighted by Gasteiger charge is -2.25. The summed E-state index contributed by atoms with van der Waals surface area (Å²) in [6.07, 6.45) is 7.67. The van der Waals surface area contributed by atoms with Crippen LogP contribution in [0.15, 0.2) is 24.3 Å². The van der Waals surface area contributed by atoms with Gasteiger partial charge in [0, 0.05) is 24.6 Å².